The Morgan fingerprint density at radius 2 is 1.40 bits per heavy atom. The smallest absolute Gasteiger partial charge is 0.321 e. The number of amides is 2. The summed E-state index contributed by atoms with van der Waals surface area (Å²) in [5, 5.41) is 2.94. The molecule has 0 saturated carbocycles. The van der Waals surface area contributed by atoms with Crippen molar-refractivity contribution in [2.24, 2.45) is 0 Å². The van der Waals surface area contributed by atoms with Crippen LogP contribution in [-0.4, -0.2) is 56.7 Å². The number of hydrogen-bond donors (Lipinski definition) is 2. The molecular weight excluding hydrogens is 488 g/mol. The van der Waals surface area contributed by atoms with Crippen LogP contribution in [0.1, 0.15) is 5.56 Å². The predicted octanol–water partition coefficient (Wildman–Crippen LogP) is 4.62. The monoisotopic (exact) mass is 516 g/mol. The van der Waals surface area contributed by atoms with Crippen LogP contribution in [-0.2, 0) is 16.6 Å². The molecule has 35 heavy (non-hydrogen) atoms. The van der Waals surface area contributed by atoms with Crippen LogP contribution in [0.5, 0.6) is 11.5 Å². The van der Waals surface area contributed by atoms with Gasteiger partial charge in [0.1, 0.15) is 11.5 Å². The predicted molar refractivity (Wildman–Crippen MR) is 141 cm³/mol. The first-order valence-electron chi connectivity index (χ1n) is 11.0. The lowest BCUT2D eigenvalue weighted by Crippen LogP contribution is -2.49. The van der Waals surface area contributed by atoms with E-state index in [2.05, 4.69) is 14.9 Å². The lowest BCUT2D eigenvalue weighted by Gasteiger charge is -2.34. The van der Waals surface area contributed by atoms with Crippen LogP contribution in [0.4, 0.5) is 16.2 Å². The highest BCUT2D eigenvalue weighted by atomic mass is 35.5. The van der Waals surface area contributed by atoms with Gasteiger partial charge in [-0.25, -0.2) is 13.2 Å². The van der Waals surface area contributed by atoms with Crippen molar-refractivity contribution in [3.63, 3.8) is 0 Å². The summed E-state index contributed by atoms with van der Waals surface area (Å²) in [4.78, 5) is 16.6. The summed E-state index contributed by atoms with van der Waals surface area (Å²) in [5.74, 6) is 1.33. The molecule has 0 bridgehead atoms. The Morgan fingerprint density at radius 1 is 0.829 bits per heavy atom. The Balaban J connectivity index is 0.00000342. The third-order valence-electron chi connectivity index (χ3n) is 5.41. The van der Waals surface area contributed by atoms with Crippen molar-refractivity contribution in [3.8, 4) is 11.5 Å². The lowest BCUT2D eigenvalue weighted by molar-refractivity contribution is 0.143. The van der Waals surface area contributed by atoms with E-state index in [1.54, 1.807) is 24.3 Å². The van der Waals surface area contributed by atoms with Crippen LogP contribution in [0.15, 0.2) is 78.9 Å². The number of urea groups is 1. The largest absolute Gasteiger partial charge is 0.457 e. The first-order chi connectivity index (χ1) is 16.3. The highest BCUT2D eigenvalue weighted by molar-refractivity contribution is 7.92. The molecule has 3 aromatic carbocycles. The summed E-state index contributed by atoms with van der Waals surface area (Å²) >= 11 is 0. The molecule has 1 aliphatic heterocycles. The van der Waals surface area contributed by atoms with Gasteiger partial charge in [0.05, 0.1) is 6.26 Å². The van der Waals surface area contributed by atoms with Gasteiger partial charge in [-0.3, -0.25) is 9.62 Å². The maximum atomic E-state index is 12.5. The molecule has 0 aliphatic carbocycles. The van der Waals surface area contributed by atoms with Gasteiger partial charge >= 0.3 is 6.03 Å². The van der Waals surface area contributed by atoms with Gasteiger partial charge in [0.25, 0.3) is 0 Å². The molecule has 10 heteroatoms. The second-order valence-electron chi connectivity index (χ2n) is 8.20. The average Bonchev–Trinajstić information content (AvgIpc) is 2.82. The third-order valence-corrected chi connectivity index (χ3v) is 6.01. The highest BCUT2D eigenvalue weighted by Gasteiger charge is 2.21. The van der Waals surface area contributed by atoms with Crippen LogP contribution in [0.3, 0.4) is 0 Å². The average molecular weight is 517 g/mol. The van der Waals surface area contributed by atoms with E-state index in [1.165, 1.54) is 5.56 Å². The molecule has 0 atom stereocenters. The van der Waals surface area contributed by atoms with Gasteiger partial charge in [0.15, 0.2) is 0 Å². The number of benzene rings is 3. The van der Waals surface area contributed by atoms with Crippen LogP contribution >= 0.6 is 12.4 Å². The van der Waals surface area contributed by atoms with Crippen LogP contribution < -0.4 is 14.8 Å². The van der Waals surface area contributed by atoms with Crippen molar-refractivity contribution in [2.45, 2.75) is 6.54 Å². The molecule has 2 amide bonds. The molecule has 1 fully saturated rings. The van der Waals surface area contributed by atoms with Crippen molar-refractivity contribution in [2.75, 3.05) is 42.5 Å². The number of carbonyl (C=O) groups is 1. The van der Waals surface area contributed by atoms with Crippen molar-refractivity contribution in [1.82, 2.24) is 9.80 Å². The lowest BCUT2D eigenvalue weighted by atomic mass is 10.2. The number of sulfonamides is 1. The summed E-state index contributed by atoms with van der Waals surface area (Å²) in [6, 6.07) is 24.1. The Hall–Kier alpha value is -3.27. The Morgan fingerprint density at radius 3 is 1.97 bits per heavy atom. The molecular formula is C25H29ClN4O4S. The summed E-state index contributed by atoms with van der Waals surface area (Å²) in [6.45, 7) is 3.80. The number of ether oxygens (including phenoxy) is 1. The number of carbonyl (C=O) groups excluding carboxylic acids is 1. The van der Waals surface area contributed by atoms with Crippen molar-refractivity contribution in [1.29, 1.82) is 0 Å². The zero-order valence-electron chi connectivity index (χ0n) is 19.4. The van der Waals surface area contributed by atoms with Gasteiger partial charge < -0.3 is 15.0 Å². The fraction of sp³-hybridized carbons (Fsp3) is 0.240. The number of rotatable bonds is 7. The molecule has 2 N–H and O–H groups in total. The number of nitrogens with zero attached hydrogens (tertiary/aromatic N) is 2. The van der Waals surface area contributed by atoms with Crippen molar-refractivity contribution >= 4 is 39.8 Å². The summed E-state index contributed by atoms with van der Waals surface area (Å²) in [7, 11) is -3.30. The zero-order chi connectivity index (χ0) is 24.0. The Bertz CT molecular complexity index is 1200. The quantitative estimate of drug-likeness (QED) is 0.478. The highest BCUT2D eigenvalue weighted by Crippen LogP contribution is 2.24. The number of hydrogen-bond acceptors (Lipinski definition) is 5. The van der Waals surface area contributed by atoms with E-state index in [4.69, 9.17) is 4.74 Å². The molecule has 8 nitrogen and oxygen atoms in total. The molecule has 1 heterocycles. The summed E-state index contributed by atoms with van der Waals surface area (Å²) in [5.41, 5.74) is 2.46. The zero-order valence-corrected chi connectivity index (χ0v) is 21.0. The van der Waals surface area contributed by atoms with Gasteiger partial charge in [0.2, 0.25) is 10.0 Å². The fourth-order valence-electron chi connectivity index (χ4n) is 3.70. The molecule has 0 aromatic heterocycles. The number of halogens is 1. The second kappa shape index (κ2) is 11.9. The Labute approximate surface area is 212 Å². The van der Waals surface area contributed by atoms with Gasteiger partial charge in [-0.15, -0.1) is 12.4 Å². The molecule has 0 spiro atoms. The van der Waals surface area contributed by atoms with Crippen LogP contribution in [0, 0.1) is 0 Å². The van der Waals surface area contributed by atoms with E-state index in [0.717, 1.165) is 31.6 Å². The van der Waals surface area contributed by atoms with Gasteiger partial charge in [-0.1, -0.05) is 30.3 Å². The number of nitrogens with one attached hydrogen (secondary N) is 2. The normalized spacial score (nSPS) is 14.0. The van der Waals surface area contributed by atoms with E-state index in [-0.39, 0.29) is 18.4 Å². The maximum Gasteiger partial charge on any atom is 0.321 e. The van der Waals surface area contributed by atoms with E-state index in [9.17, 15) is 13.2 Å². The molecule has 4 rings (SSSR count). The minimum absolute atomic E-state index is 0. The van der Waals surface area contributed by atoms with Crippen molar-refractivity contribution in [3.05, 3.63) is 84.4 Å². The van der Waals surface area contributed by atoms with Gasteiger partial charge in [0, 0.05) is 44.1 Å². The molecule has 3 aromatic rings. The summed E-state index contributed by atoms with van der Waals surface area (Å²) < 4.78 is 30.9. The standard InChI is InChI=1S/C25H28N4O4S.ClH/c1-34(31,32)27-22-9-13-24(14-10-22)33-23-11-7-20(8-12-23)19-28-15-17-29(18-16-28)25(30)26-21-5-3-2-4-6-21;/h2-14,27H,15-19H2,1H3,(H,26,30);1H. The van der Waals surface area contributed by atoms with Gasteiger partial charge in [-0.2, -0.15) is 0 Å². The minimum atomic E-state index is -3.30. The molecule has 0 unspecified atom stereocenters. The maximum absolute atomic E-state index is 12.5. The second-order valence-corrected chi connectivity index (χ2v) is 9.95. The van der Waals surface area contributed by atoms with E-state index < -0.39 is 10.0 Å². The molecule has 186 valence electrons. The number of anilines is 2. The molecule has 0 radical (unpaired) electrons. The first kappa shape index (κ1) is 26.3. The van der Waals surface area contributed by atoms with Crippen molar-refractivity contribution < 1.29 is 17.9 Å². The molecule has 1 saturated heterocycles. The number of piperazine rings is 1. The topological polar surface area (TPSA) is 91.0 Å². The van der Waals surface area contributed by atoms with E-state index in [0.29, 0.717) is 30.3 Å². The van der Waals surface area contributed by atoms with Crippen LogP contribution in [0.25, 0.3) is 0 Å². The van der Waals surface area contributed by atoms with Crippen LogP contribution in [0.2, 0.25) is 0 Å². The summed E-state index contributed by atoms with van der Waals surface area (Å²) in [6.07, 6.45) is 1.11. The number of para-hydroxylation sites is 1. The SMILES string of the molecule is CS(=O)(=O)Nc1ccc(Oc2ccc(CN3CCN(C(=O)Nc4ccccc4)CC3)cc2)cc1.Cl. The van der Waals surface area contributed by atoms with E-state index in [1.807, 2.05) is 59.5 Å². The van der Waals surface area contributed by atoms with E-state index >= 15 is 0 Å². The third kappa shape index (κ3) is 8.17. The Kier molecular flexibility index (Phi) is 8.97. The first-order valence-corrected chi connectivity index (χ1v) is 12.9. The minimum Gasteiger partial charge on any atom is -0.457 e. The fourth-order valence-corrected chi connectivity index (χ4v) is 4.26. The molecule has 1 aliphatic rings. The van der Waals surface area contributed by atoms with Gasteiger partial charge in [-0.05, 0) is 54.1 Å².